The van der Waals surface area contributed by atoms with Crippen LogP contribution >= 0.6 is 0 Å². The molecule has 4 nitrogen and oxygen atoms in total. The first-order valence-corrected chi connectivity index (χ1v) is 7.47. The zero-order valence-corrected chi connectivity index (χ0v) is 13.1. The molecule has 0 bridgehead atoms. The first kappa shape index (κ1) is 15.2. The molecule has 3 rings (SSSR count). The summed E-state index contributed by atoms with van der Waals surface area (Å²) in [7, 11) is 0. The minimum Gasteiger partial charge on any atom is -0.326 e. The van der Waals surface area contributed by atoms with Crippen molar-refractivity contribution in [2.24, 2.45) is 4.99 Å². The third-order valence-electron chi connectivity index (χ3n) is 4.03. The van der Waals surface area contributed by atoms with E-state index in [0.29, 0.717) is 12.5 Å². The van der Waals surface area contributed by atoms with Crippen molar-refractivity contribution in [1.82, 2.24) is 4.90 Å². The molecule has 2 aromatic rings. The molecule has 1 aliphatic heterocycles. The average Bonchev–Trinajstić information content (AvgIpc) is 2.87. The molecule has 1 amide bonds. The van der Waals surface area contributed by atoms with E-state index in [9.17, 15) is 9.18 Å². The van der Waals surface area contributed by atoms with Crippen molar-refractivity contribution in [3.63, 3.8) is 0 Å². The van der Waals surface area contributed by atoms with Crippen LogP contribution in [-0.4, -0.2) is 23.3 Å². The highest BCUT2D eigenvalue weighted by Gasteiger charge is 2.26. The van der Waals surface area contributed by atoms with Gasteiger partial charge in [-0.25, -0.2) is 9.38 Å². The number of hydrogen-bond donors (Lipinski definition) is 1. The lowest BCUT2D eigenvalue weighted by atomic mass is 10.1. The zero-order valence-electron chi connectivity index (χ0n) is 13.1. The van der Waals surface area contributed by atoms with Crippen molar-refractivity contribution in [3.05, 3.63) is 65.0 Å². The van der Waals surface area contributed by atoms with Crippen LogP contribution in [0.3, 0.4) is 0 Å². The van der Waals surface area contributed by atoms with Gasteiger partial charge in [-0.15, -0.1) is 0 Å². The molecule has 0 radical (unpaired) electrons. The third kappa shape index (κ3) is 3.23. The molecule has 1 heterocycles. The maximum atomic E-state index is 13.0. The number of nitrogens with zero attached hydrogens (tertiary/aromatic N) is 2. The predicted octanol–water partition coefficient (Wildman–Crippen LogP) is 3.25. The SMILES string of the molecule is Cc1cccc(NC2=NCC(=O)N2Cc2ccc(F)cc2)c1C. The second-order valence-corrected chi connectivity index (χ2v) is 5.62. The monoisotopic (exact) mass is 311 g/mol. The van der Waals surface area contributed by atoms with Gasteiger partial charge in [0.1, 0.15) is 12.4 Å². The smallest absolute Gasteiger partial charge is 0.251 e. The van der Waals surface area contributed by atoms with E-state index in [-0.39, 0.29) is 18.3 Å². The van der Waals surface area contributed by atoms with Gasteiger partial charge >= 0.3 is 0 Å². The zero-order chi connectivity index (χ0) is 16.4. The minimum absolute atomic E-state index is 0.0675. The second kappa shape index (κ2) is 6.20. The number of amides is 1. The van der Waals surface area contributed by atoms with Crippen LogP contribution < -0.4 is 5.32 Å². The number of halogens is 1. The lowest BCUT2D eigenvalue weighted by molar-refractivity contribution is -0.125. The summed E-state index contributed by atoms with van der Waals surface area (Å²) in [6, 6.07) is 12.1. The summed E-state index contributed by atoms with van der Waals surface area (Å²) in [5.74, 6) is 0.180. The average molecular weight is 311 g/mol. The van der Waals surface area contributed by atoms with Crippen molar-refractivity contribution in [2.45, 2.75) is 20.4 Å². The molecule has 5 heteroatoms. The fourth-order valence-electron chi connectivity index (χ4n) is 2.48. The summed E-state index contributed by atoms with van der Waals surface area (Å²) < 4.78 is 13.0. The second-order valence-electron chi connectivity index (χ2n) is 5.62. The van der Waals surface area contributed by atoms with Crippen LogP contribution in [-0.2, 0) is 11.3 Å². The molecule has 1 N–H and O–H groups in total. The summed E-state index contributed by atoms with van der Waals surface area (Å²) in [6.45, 7) is 4.57. The van der Waals surface area contributed by atoms with Gasteiger partial charge in [0.2, 0.25) is 5.96 Å². The Balaban J connectivity index is 1.79. The Labute approximate surface area is 134 Å². The predicted molar refractivity (Wildman–Crippen MR) is 88.8 cm³/mol. The highest BCUT2D eigenvalue weighted by atomic mass is 19.1. The number of carbonyl (C=O) groups excluding carboxylic acids is 1. The number of rotatable bonds is 3. The van der Waals surface area contributed by atoms with E-state index in [4.69, 9.17) is 0 Å². The standard InChI is InChI=1S/C18H18FN3O/c1-12-4-3-5-16(13(12)2)21-18-20-10-17(23)22(18)11-14-6-8-15(19)9-7-14/h3-9H,10-11H2,1-2H3,(H,20,21). The van der Waals surface area contributed by atoms with Crippen molar-refractivity contribution in [3.8, 4) is 0 Å². The summed E-state index contributed by atoms with van der Waals surface area (Å²) in [5.41, 5.74) is 4.08. The first-order chi connectivity index (χ1) is 11.0. The molecule has 23 heavy (non-hydrogen) atoms. The molecule has 0 saturated carbocycles. The molecule has 0 aromatic heterocycles. The molecule has 2 aromatic carbocycles. The Bertz CT molecular complexity index is 768. The first-order valence-electron chi connectivity index (χ1n) is 7.47. The van der Waals surface area contributed by atoms with Crippen LogP contribution in [0, 0.1) is 19.7 Å². The van der Waals surface area contributed by atoms with Gasteiger partial charge in [0.05, 0.1) is 6.54 Å². The third-order valence-corrected chi connectivity index (χ3v) is 4.03. The van der Waals surface area contributed by atoms with E-state index in [0.717, 1.165) is 16.8 Å². The van der Waals surface area contributed by atoms with E-state index in [1.807, 2.05) is 32.0 Å². The quantitative estimate of drug-likeness (QED) is 0.945. The van der Waals surface area contributed by atoms with Gasteiger partial charge in [0.15, 0.2) is 0 Å². The number of benzene rings is 2. The van der Waals surface area contributed by atoms with Crippen LogP contribution in [0.2, 0.25) is 0 Å². The molecule has 1 aliphatic rings. The number of carbonyl (C=O) groups is 1. The van der Waals surface area contributed by atoms with E-state index in [2.05, 4.69) is 10.3 Å². The Morgan fingerprint density at radius 2 is 1.91 bits per heavy atom. The van der Waals surface area contributed by atoms with Gasteiger partial charge in [-0.2, -0.15) is 0 Å². The number of guanidine groups is 1. The summed E-state index contributed by atoms with van der Waals surface area (Å²) >= 11 is 0. The molecule has 0 atom stereocenters. The van der Waals surface area contributed by atoms with Crippen LogP contribution in [0.15, 0.2) is 47.5 Å². The van der Waals surface area contributed by atoms with Crippen molar-refractivity contribution < 1.29 is 9.18 Å². The maximum absolute atomic E-state index is 13.0. The normalized spacial score (nSPS) is 14.1. The molecule has 0 unspecified atom stereocenters. The van der Waals surface area contributed by atoms with Crippen molar-refractivity contribution in [1.29, 1.82) is 0 Å². The number of hydrogen-bond acceptors (Lipinski definition) is 3. The van der Waals surface area contributed by atoms with Gasteiger partial charge in [-0.3, -0.25) is 9.69 Å². The van der Waals surface area contributed by atoms with E-state index < -0.39 is 0 Å². The molecule has 0 saturated heterocycles. The Hall–Kier alpha value is -2.69. The summed E-state index contributed by atoms with van der Waals surface area (Å²) in [6.07, 6.45) is 0. The highest BCUT2D eigenvalue weighted by molar-refractivity contribution is 6.09. The number of aliphatic imine (C=N–C) groups is 1. The number of aryl methyl sites for hydroxylation is 1. The van der Waals surface area contributed by atoms with Crippen molar-refractivity contribution >= 4 is 17.6 Å². The summed E-state index contributed by atoms with van der Waals surface area (Å²) in [4.78, 5) is 18.0. The molecule has 0 fully saturated rings. The minimum atomic E-state index is -0.288. The van der Waals surface area contributed by atoms with E-state index in [1.54, 1.807) is 17.0 Å². The van der Waals surface area contributed by atoms with E-state index in [1.165, 1.54) is 17.7 Å². The summed E-state index contributed by atoms with van der Waals surface area (Å²) in [5, 5.41) is 3.24. The number of anilines is 1. The number of nitrogens with one attached hydrogen (secondary N) is 1. The van der Waals surface area contributed by atoms with Crippen LogP contribution in [0.1, 0.15) is 16.7 Å². The van der Waals surface area contributed by atoms with Crippen LogP contribution in [0.5, 0.6) is 0 Å². The Morgan fingerprint density at radius 1 is 1.17 bits per heavy atom. The largest absolute Gasteiger partial charge is 0.326 e. The van der Waals surface area contributed by atoms with Gasteiger partial charge in [0.25, 0.3) is 5.91 Å². The molecule has 118 valence electrons. The molecular weight excluding hydrogens is 293 g/mol. The van der Waals surface area contributed by atoms with Gasteiger partial charge < -0.3 is 5.32 Å². The van der Waals surface area contributed by atoms with Gasteiger partial charge in [-0.05, 0) is 48.7 Å². The lowest BCUT2D eigenvalue weighted by Gasteiger charge is -2.20. The Morgan fingerprint density at radius 3 is 2.65 bits per heavy atom. The van der Waals surface area contributed by atoms with Crippen LogP contribution in [0.4, 0.5) is 10.1 Å². The van der Waals surface area contributed by atoms with Crippen molar-refractivity contribution in [2.75, 3.05) is 11.9 Å². The fraction of sp³-hybridized carbons (Fsp3) is 0.222. The fourth-order valence-corrected chi connectivity index (χ4v) is 2.48. The molecule has 0 spiro atoms. The maximum Gasteiger partial charge on any atom is 0.251 e. The lowest BCUT2D eigenvalue weighted by Crippen LogP contribution is -2.36. The Kier molecular flexibility index (Phi) is 4.10. The van der Waals surface area contributed by atoms with Gasteiger partial charge in [-0.1, -0.05) is 24.3 Å². The highest BCUT2D eigenvalue weighted by Crippen LogP contribution is 2.20. The molecular formula is C18H18FN3O. The van der Waals surface area contributed by atoms with Crippen LogP contribution in [0.25, 0.3) is 0 Å². The van der Waals surface area contributed by atoms with E-state index >= 15 is 0 Å². The topological polar surface area (TPSA) is 44.7 Å². The molecule has 0 aliphatic carbocycles. The van der Waals surface area contributed by atoms with Gasteiger partial charge in [0, 0.05) is 5.69 Å².